The predicted molar refractivity (Wildman–Crippen MR) is 152 cm³/mol. The van der Waals surface area contributed by atoms with Crippen LogP contribution >= 0.6 is 0 Å². The fourth-order valence-corrected chi connectivity index (χ4v) is 11.1. The van der Waals surface area contributed by atoms with Gasteiger partial charge in [0.1, 0.15) is 0 Å². The van der Waals surface area contributed by atoms with Crippen molar-refractivity contribution in [3.05, 3.63) is 161 Å². The van der Waals surface area contributed by atoms with E-state index in [9.17, 15) is 10.5 Å². The first-order valence-corrected chi connectivity index (χ1v) is 14.2. The first-order valence-electron chi connectivity index (χ1n) is 12.2. The van der Waals surface area contributed by atoms with Crippen LogP contribution in [0.3, 0.4) is 0 Å². The average Bonchev–Trinajstić information content (AvgIpc) is 3.30. The van der Waals surface area contributed by atoms with Crippen molar-refractivity contribution in [1.82, 2.24) is 0 Å². The number of nitrogens with zero attached hydrogens (tertiary/aromatic N) is 2. The van der Waals surface area contributed by atoms with Crippen molar-refractivity contribution in [3.8, 4) is 12.1 Å². The van der Waals surface area contributed by atoms with Gasteiger partial charge in [-0.15, -0.1) is 0 Å². The minimum atomic E-state index is -2.74. The van der Waals surface area contributed by atoms with Gasteiger partial charge in [-0.25, -0.2) is 0 Å². The monoisotopic (exact) mass is 486 g/mol. The molecule has 0 fully saturated rings. The van der Waals surface area contributed by atoms with Gasteiger partial charge < -0.3 is 0 Å². The molecule has 2 nitrogen and oxygen atoms in total. The van der Waals surface area contributed by atoms with Gasteiger partial charge in [0.15, 0.2) is 8.07 Å². The first kappa shape index (κ1) is 22.5. The van der Waals surface area contributed by atoms with Gasteiger partial charge in [-0.3, -0.25) is 0 Å². The summed E-state index contributed by atoms with van der Waals surface area (Å²) in [4.78, 5) is 0. The molecule has 0 amide bonds. The molecule has 3 heteroatoms. The Morgan fingerprint density at radius 2 is 0.919 bits per heavy atom. The number of hydrogen-bond donors (Lipinski definition) is 0. The molecule has 1 aliphatic heterocycles. The Hall–Kier alpha value is -4.96. The third kappa shape index (κ3) is 3.54. The number of benzene rings is 5. The molecule has 37 heavy (non-hydrogen) atoms. The van der Waals surface area contributed by atoms with Crippen molar-refractivity contribution in [2.75, 3.05) is 0 Å². The van der Waals surface area contributed by atoms with E-state index in [0.717, 1.165) is 11.1 Å². The minimum Gasteiger partial charge on any atom is -0.192 e. The molecule has 1 aliphatic rings. The van der Waals surface area contributed by atoms with Gasteiger partial charge in [-0.2, -0.15) is 10.5 Å². The van der Waals surface area contributed by atoms with Crippen molar-refractivity contribution in [2.24, 2.45) is 0 Å². The van der Waals surface area contributed by atoms with Crippen LogP contribution < -0.4 is 15.6 Å². The molecule has 0 radical (unpaired) electrons. The highest BCUT2D eigenvalue weighted by Crippen LogP contribution is 2.43. The van der Waals surface area contributed by atoms with Crippen LogP contribution in [-0.2, 0) is 0 Å². The second-order valence-corrected chi connectivity index (χ2v) is 12.8. The fourth-order valence-electron chi connectivity index (χ4n) is 5.71. The van der Waals surface area contributed by atoms with E-state index in [1.54, 1.807) is 0 Å². The van der Waals surface area contributed by atoms with Crippen LogP contribution in [0.5, 0.6) is 0 Å². The maximum Gasteiger partial charge on any atom is 0.181 e. The lowest BCUT2D eigenvalue weighted by molar-refractivity contribution is 1.47. The Bertz CT molecular complexity index is 1660. The summed E-state index contributed by atoms with van der Waals surface area (Å²) < 4.78 is 0. The van der Waals surface area contributed by atoms with Crippen LogP contribution in [0, 0.1) is 22.7 Å². The molecule has 0 aromatic heterocycles. The largest absolute Gasteiger partial charge is 0.192 e. The van der Waals surface area contributed by atoms with Gasteiger partial charge in [0.25, 0.3) is 0 Å². The quantitative estimate of drug-likeness (QED) is 0.319. The Balaban J connectivity index is 1.81. The lowest BCUT2D eigenvalue weighted by Crippen LogP contribution is -2.66. The second-order valence-electron chi connectivity index (χ2n) is 9.16. The van der Waals surface area contributed by atoms with Crippen LogP contribution in [0.2, 0.25) is 0 Å². The molecule has 0 saturated heterocycles. The Morgan fingerprint density at radius 3 is 1.43 bits per heavy atom. The number of nitriles is 2. The fraction of sp³-hybridized carbons (Fsp3) is 0. The van der Waals surface area contributed by atoms with Gasteiger partial charge in [-0.05, 0) is 67.3 Å². The van der Waals surface area contributed by atoms with Crippen molar-refractivity contribution < 1.29 is 0 Å². The highest BCUT2D eigenvalue weighted by molar-refractivity contribution is 7.25. The van der Waals surface area contributed by atoms with Crippen LogP contribution in [0.1, 0.15) is 27.8 Å². The zero-order valence-electron chi connectivity index (χ0n) is 20.1. The zero-order valence-corrected chi connectivity index (χ0v) is 21.1. The van der Waals surface area contributed by atoms with E-state index in [4.69, 9.17) is 0 Å². The second kappa shape index (κ2) is 9.24. The molecule has 0 atom stereocenters. The number of fused-ring (bicyclic) bond motifs is 1. The van der Waals surface area contributed by atoms with E-state index in [0.29, 0.717) is 11.1 Å². The van der Waals surface area contributed by atoms with Gasteiger partial charge in [0.2, 0.25) is 0 Å². The molecule has 0 unspecified atom stereocenters. The SMILES string of the molecule is N#Cc1ccc(C2=C(c3ccc(C#N)cc3)[Si](c3ccccc3)(c3ccccc3)c3ccccc32)cc1. The van der Waals surface area contributed by atoms with Crippen LogP contribution in [0.25, 0.3) is 10.8 Å². The molecule has 172 valence electrons. The maximum atomic E-state index is 9.49. The maximum absolute atomic E-state index is 9.49. The van der Waals surface area contributed by atoms with Gasteiger partial charge in [0.05, 0.1) is 23.3 Å². The Kier molecular flexibility index (Phi) is 5.62. The third-order valence-electron chi connectivity index (χ3n) is 7.24. The summed E-state index contributed by atoms with van der Waals surface area (Å²) in [5, 5.41) is 24.2. The standard InChI is InChI=1S/C34H22N2Si/c35-23-25-15-19-27(20-16-25)33-31-13-7-8-14-32(31)37(29-9-3-1-4-10-29,30-11-5-2-6-12-30)34(33)28-21-17-26(24-36)18-22-28/h1-22H. The molecule has 5 aromatic carbocycles. The lowest BCUT2D eigenvalue weighted by atomic mass is 9.95. The molecule has 6 rings (SSSR count). The molecule has 0 saturated carbocycles. The van der Waals surface area contributed by atoms with E-state index in [1.165, 1.54) is 31.9 Å². The molecule has 1 heterocycles. The van der Waals surface area contributed by atoms with Crippen LogP contribution in [0.15, 0.2) is 133 Å². The first-order chi connectivity index (χ1) is 18.3. The summed E-state index contributed by atoms with van der Waals surface area (Å²) in [5.74, 6) is 0. The highest BCUT2D eigenvalue weighted by Gasteiger charge is 2.50. The van der Waals surface area contributed by atoms with E-state index in [2.05, 4.69) is 121 Å². The van der Waals surface area contributed by atoms with Crippen molar-refractivity contribution in [1.29, 1.82) is 10.5 Å². The molecule has 0 bridgehead atoms. The number of rotatable bonds is 4. The van der Waals surface area contributed by atoms with E-state index < -0.39 is 8.07 Å². The summed E-state index contributed by atoms with van der Waals surface area (Å²) in [7, 11) is -2.74. The van der Waals surface area contributed by atoms with Crippen molar-refractivity contribution in [3.63, 3.8) is 0 Å². The molecule has 0 aliphatic carbocycles. The van der Waals surface area contributed by atoms with Crippen LogP contribution in [0.4, 0.5) is 0 Å². The summed E-state index contributed by atoms with van der Waals surface area (Å²) in [5.41, 5.74) is 5.92. The topological polar surface area (TPSA) is 47.6 Å². The Labute approximate surface area is 218 Å². The highest BCUT2D eigenvalue weighted by atomic mass is 28.3. The van der Waals surface area contributed by atoms with E-state index in [-0.39, 0.29) is 0 Å². The molecule has 0 N–H and O–H groups in total. The van der Waals surface area contributed by atoms with Crippen molar-refractivity contribution in [2.45, 2.75) is 0 Å². The van der Waals surface area contributed by atoms with Crippen LogP contribution in [-0.4, -0.2) is 8.07 Å². The van der Waals surface area contributed by atoms with Gasteiger partial charge in [0, 0.05) is 0 Å². The summed E-state index contributed by atoms with van der Waals surface area (Å²) in [6.45, 7) is 0. The summed E-state index contributed by atoms with van der Waals surface area (Å²) in [6.07, 6.45) is 0. The van der Waals surface area contributed by atoms with Gasteiger partial charge >= 0.3 is 0 Å². The average molecular weight is 487 g/mol. The normalized spacial score (nSPS) is 13.5. The molecular formula is C34H22N2Si. The van der Waals surface area contributed by atoms with Crippen molar-refractivity contribution >= 4 is 34.4 Å². The summed E-state index contributed by atoms with van der Waals surface area (Å²) in [6, 6.07) is 51.0. The van der Waals surface area contributed by atoms with E-state index in [1.807, 2.05) is 24.3 Å². The minimum absolute atomic E-state index is 0.644. The lowest BCUT2D eigenvalue weighted by Gasteiger charge is -2.33. The molecular weight excluding hydrogens is 464 g/mol. The molecule has 0 spiro atoms. The zero-order chi connectivity index (χ0) is 25.2. The molecule has 5 aromatic rings. The Morgan fingerprint density at radius 1 is 0.459 bits per heavy atom. The smallest absolute Gasteiger partial charge is 0.181 e. The summed E-state index contributed by atoms with van der Waals surface area (Å²) >= 11 is 0. The number of hydrogen-bond acceptors (Lipinski definition) is 2. The van der Waals surface area contributed by atoms with Gasteiger partial charge in [-0.1, -0.05) is 109 Å². The van der Waals surface area contributed by atoms with E-state index >= 15 is 0 Å². The predicted octanol–water partition coefficient (Wildman–Crippen LogP) is 5.41. The third-order valence-corrected chi connectivity index (χ3v) is 12.2.